The van der Waals surface area contributed by atoms with Gasteiger partial charge in [-0.1, -0.05) is 112 Å². The lowest BCUT2D eigenvalue weighted by molar-refractivity contribution is 0.156. The second kappa shape index (κ2) is 11.1. The molecule has 0 bridgehead atoms. The van der Waals surface area contributed by atoms with Gasteiger partial charge < -0.3 is 0 Å². The number of hydrogen-bond donors (Lipinski definition) is 0. The summed E-state index contributed by atoms with van der Waals surface area (Å²) in [6.45, 7) is 9.01. The number of allylic oxidation sites excluding steroid dienone is 5. The lowest BCUT2D eigenvalue weighted by atomic mass is 9.58. The van der Waals surface area contributed by atoms with Gasteiger partial charge in [0.05, 0.1) is 6.54 Å². The van der Waals surface area contributed by atoms with Crippen LogP contribution in [0.25, 0.3) is 0 Å². The predicted molar refractivity (Wildman–Crippen MR) is 121 cm³/mol. The van der Waals surface area contributed by atoms with E-state index in [1.165, 1.54) is 36.8 Å². The second-order valence-corrected chi connectivity index (χ2v) is 8.20. The molecule has 0 aliphatic heterocycles. The molecule has 3 unspecified atom stereocenters. The highest BCUT2D eigenvalue weighted by Gasteiger charge is 2.45. The molecule has 28 heavy (non-hydrogen) atoms. The molecule has 1 saturated carbocycles. The zero-order valence-electron chi connectivity index (χ0n) is 18.1. The quantitative estimate of drug-likeness (QED) is 0.467. The molecule has 152 valence electrons. The molecule has 1 aromatic rings. The Balaban J connectivity index is 0.00000136. The molecule has 0 spiro atoms. The molecule has 1 aromatic carbocycles. The normalized spacial score (nSPS) is 23.8. The molecular weight excluding hydrogens is 342 g/mol. The summed E-state index contributed by atoms with van der Waals surface area (Å²) in [5.41, 5.74) is 2.31. The third-order valence-corrected chi connectivity index (χ3v) is 6.52. The van der Waals surface area contributed by atoms with Crippen LogP contribution in [0, 0.1) is 22.7 Å². The SMILES string of the molecule is CC.CC(C)C1CCCC(C(CN=O)(C2=CC=CC=CC2)c2ccccc2)C1. The minimum absolute atomic E-state index is 0.282. The Morgan fingerprint density at radius 3 is 2.50 bits per heavy atom. The van der Waals surface area contributed by atoms with Gasteiger partial charge in [0, 0.05) is 5.41 Å². The van der Waals surface area contributed by atoms with Crippen LogP contribution in [0.5, 0.6) is 0 Å². The van der Waals surface area contributed by atoms with Crippen LogP contribution in [0.3, 0.4) is 0 Å². The average Bonchev–Trinajstić information content (AvgIpc) is 3.04. The van der Waals surface area contributed by atoms with Crippen LogP contribution in [0.4, 0.5) is 0 Å². The molecule has 2 heteroatoms. The van der Waals surface area contributed by atoms with Crippen molar-refractivity contribution in [1.82, 2.24) is 0 Å². The molecule has 2 aliphatic carbocycles. The predicted octanol–water partition coefficient (Wildman–Crippen LogP) is 7.62. The summed E-state index contributed by atoms with van der Waals surface area (Å²) in [5.74, 6) is 1.90. The lowest BCUT2D eigenvalue weighted by Crippen LogP contribution is -2.43. The maximum absolute atomic E-state index is 11.7. The summed E-state index contributed by atoms with van der Waals surface area (Å²) in [6.07, 6.45) is 16.6. The zero-order chi connectivity index (χ0) is 20.4. The van der Waals surface area contributed by atoms with E-state index in [0.29, 0.717) is 18.4 Å². The molecule has 2 aliphatic rings. The van der Waals surface area contributed by atoms with E-state index in [2.05, 4.69) is 79.7 Å². The highest BCUT2D eigenvalue weighted by atomic mass is 16.3. The van der Waals surface area contributed by atoms with Crippen molar-refractivity contribution in [2.45, 2.75) is 65.2 Å². The van der Waals surface area contributed by atoms with Crippen LogP contribution in [0.2, 0.25) is 0 Å². The van der Waals surface area contributed by atoms with Gasteiger partial charge in [-0.05, 0) is 42.6 Å². The van der Waals surface area contributed by atoms with Crippen molar-refractivity contribution in [2.75, 3.05) is 6.54 Å². The Labute approximate surface area is 171 Å². The summed E-state index contributed by atoms with van der Waals surface area (Å²) in [4.78, 5) is 11.7. The van der Waals surface area contributed by atoms with E-state index in [4.69, 9.17) is 0 Å². The van der Waals surface area contributed by atoms with Crippen molar-refractivity contribution < 1.29 is 0 Å². The standard InChI is InChI=1S/C24H31NO.C2H6/c1-19(2)20-11-10-16-23(17-20)24(18-25-26,22-14-8-5-9-15-22)21-12-6-3-4-7-13-21;1-2/h3-9,12,14-15,19-20,23H,10-11,13,16-18H2,1-2H3;1-2H3. The van der Waals surface area contributed by atoms with Crippen molar-refractivity contribution in [2.24, 2.45) is 22.9 Å². The topological polar surface area (TPSA) is 29.4 Å². The Morgan fingerprint density at radius 2 is 1.82 bits per heavy atom. The van der Waals surface area contributed by atoms with E-state index in [1.807, 2.05) is 13.8 Å². The van der Waals surface area contributed by atoms with Gasteiger partial charge in [-0.15, -0.1) is 0 Å². The van der Waals surface area contributed by atoms with Crippen LogP contribution < -0.4 is 0 Å². The molecule has 0 heterocycles. The van der Waals surface area contributed by atoms with Crippen LogP contribution in [0.15, 0.2) is 71.5 Å². The maximum atomic E-state index is 11.7. The molecule has 3 atom stereocenters. The molecule has 0 radical (unpaired) electrons. The number of benzene rings is 1. The maximum Gasteiger partial charge on any atom is 0.0947 e. The zero-order valence-corrected chi connectivity index (χ0v) is 18.1. The third kappa shape index (κ3) is 4.90. The molecule has 0 aromatic heterocycles. The summed E-state index contributed by atoms with van der Waals surface area (Å²) in [6, 6.07) is 10.6. The fraction of sp³-hybridized carbons (Fsp3) is 0.538. The fourth-order valence-corrected chi connectivity index (χ4v) is 5.03. The molecule has 2 nitrogen and oxygen atoms in total. The first kappa shape index (κ1) is 22.3. The summed E-state index contributed by atoms with van der Waals surface area (Å²) < 4.78 is 0. The van der Waals surface area contributed by atoms with Gasteiger partial charge in [0.1, 0.15) is 0 Å². The van der Waals surface area contributed by atoms with Crippen LogP contribution >= 0.6 is 0 Å². The number of nitroso groups, excluding NO2 is 1. The van der Waals surface area contributed by atoms with Gasteiger partial charge in [0.2, 0.25) is 0 Å². The largest absolute Gasteiger partial charge is 0.151 e. The van der Waals surface area contributed by atoms with E-state index in [1.54, 1.807) is 0 Å². The first-order valence-electron chi connectivity index (χ1n) is 11.1. The van der Waals surface area contributed by atoms with Gasteiger partial charge in [-0.25, -0.2) is 0 Å². The van der Waals surface area contributed by atoms with Crippen molar-refractivity contribution in [1.29, 1.82) is 0 Å². The number of rotatable bonds is 6. The minimum Gasteiger partial charge on any atom is -0.151 e. The van der Waals surface area contributed by atoms with Crippen LogP contribution in [-0.4, -0.2) is 6.54 Å². The van der Waals surface area contributed by atoms with Gasteiger partial charge in [0.25, 0.3) is 0 Å². The monoisotopic (exact) mass is 379 g/mol. The minimum atomic E-state index is -0.282. The molecule has 0 N–H and O–H groups in total. The first-order valence-corrected chi connectivity index (χ1v) is 11.1. The molecule has 3 rings (SSSR count). The second-order valence-electron chi connectivity index (χ2n) is 8.20. The van der Waals surface area contributed by atoms with Gasteiger partial charge >= 0.3 is 0 Å². The Hall–Kier alpha value is -1.96. The van der Waals surface area contributed by atoms with Crippen molar-refractivity contribution in [3.8, 4) is 0 Å². The van der Waals surface area contributed by atoms with Crippen LogP contribution in [0.1, 0.15) is 65.4 Å². The molecule has 0 amide bonds. The summed E-state index contributed by atoms with van der Waals surface area (Å²) in [7, 11) is 0. The number of nitrogens with zero attached hydrogens (tertiary/aromatic N) is 1. The fourth-order valence-electron chi connectivity index (χ4n) is 5.03. The van der Waals surface area contributed by atoms with E-state index < -0.39 is 0 Å². The highest BCUT2D eigenvalue weighted by Crippen LogP contribution is 2.50. The molecule has 0 saturated heterocycles. The van der Waals surface area contributed by atoms with Gasteiger partial charge in [-0.3, -0.25) is 0 Å². The molecule has 1 fully saturated rings. The highest BCUT2D eigenvalue weighted by molar-refractivity contribution is 5.42. The Kier molecular flexibility index (Phi) is 8.89. The number of hydrogen-bond acceptors (Lipinski definition) is 2. The summed E-state index contributed by atoms with van der Waals surface area (Å²) in [5, 5.41) is 3.50. The smallest absolute Gasteiger partial charge is 0.0947 e. The van der Waals surface area contributed by atoms with E-state index >= 15 is 0 Å². The van der Waals surface area contributed by atoms with Crippen LogP contribution in [-0.2, 0) is 5.41 Å². The molecular formula is C26H37NO. The summed E-state index contributed by atoms with van der Waals surface area (Å²) >= 11 is 0. The van der Waals surface area contributed by atoms with Gasteiger partial charge in [0.15, 0.2) is 0 Å². The van der Waals surface area contributed by atoms with E-state index in [9.17, 15) is 4.91 Å². The Morgan fingerprint density at radius 1 is 1.07 bits per heavy atom. The first-order chi connectivity index (χ1) is 13.7. The van der Waals surface area contributed by atoms with Crippen molar-refractivity contribution >= 4 is 0 Å². The lowest BCUT2D eigenvalue weighted by Gasteiger charge is -2.46. The van der Waals surface area contributed by atoms with Crippen molar-refractivity contribution in [3.05, 3.63) is 76.8 Å². The third-order valence-electron chi connectivity index (χ3n) is 6.52. The van der Waals surface area contributed by atoms with Gasteiger partial charge in [-0.2, -0.15) is 4.91 Å². The van der Waals surface area contributed by atoms with Crippen molar-refractivity contribution in [3.63, 3.8) is 0 Å². The van der Waals surface area contributed by atoms with E-state index in [-0.39, 0.29) is 5.41 Å². The Bertz CT molecular complexity index is 686. The average molecular weight is 380 g/mol. The van der Waals surface area contributed by atoms with E-state index in [0.717, 1.165) is 12.3 Å².